The third-order valence-electron chi connectivity index (χ3n) is 5.28. The lowest BCUT2D eigenvalue weighted by Crippen LogP contribution is -2.50. The Balaban J connectivity index is 2.15. The fraction of sp³-hybridized carbons (Fsp3) is 0.417. The van der Waals surface area contributed by atoms with Gasteiger partial charge in [0.2, 0.25) is 5.91 Å². The van der Waals surface area contributed by atoms with E-state index in [1.165, 1.54) is 17.0 Å². The lowest BCUT2D eigenvalue weighted by molar-refractivity contribution is -0.142. The Morgan fingerprint density at radius 1 is 1.07 bits per heavy atom. The zero-order chi connectivity index (χ0) is 22.3. The van der Waals surface area contributed by atoms with Gasteiger partial charge in [0.25, 0.3) is 5.91 Å². The van der Waals surface area contributed by atoms with Crippen LogP contribution >= 0.6 is 0 Å². The number of carbonyl (C=O) groups excluding carboxylic acids is 2. The summed E-state index contributed by atoms with van der Waals surface area (Å²) in [6.45, 7) is 9.57. The highest BCUT2D eigenvalue weighted by Gasteiger charge is 2.27. The van der Waals surface area contributed by atoms with Crippen molar-refractivity contribution in [3.05, 3.63) is 65.0 Å². The molecule has 0 saturated heterocycles. The number of benzene rings is 2. The molecule has 0 spiro atoms. The smallest absolute Gasteiger partial charge is 0.261 e. The van der Waals surface area contributed by atoms with Crippen molar-refractivity contribution in [1.82, 2.24) is 10.2 Å². The Morgan fingerprint density at radius 2 is 1.73 bits per heavy atom. The maximum Gasteiger partial charge on any atom is 0.261 e. The van der Waals surface area contributed by atoms with Crippen LogP contribution in [0, 0.1) is 19.7 Å². The highest BCUT2D eigenvalue weighted by Crippen LogP contribution is 2.17. The number of hydrogen-bond donors (Lipinski definition) is 1. The fourth-order valence-electron chi connectivity index (χ4n) is 2.87. The maximum absolute atomic E-state index is 13.3. The average molecular weight is 415 g/mol. The van der Waals surface area contributed by atoms with E-state index in [0.717, 1.165) is 23.1 Å². The second kappa shape index (κ2) is 10.8. The van der Waals surface area contributed by atoms with Crippen molar-refractivity contribution in [2.24, 2.45) is 0 Å². The van der Waals surface area contributed by atoms with E-state index in [-0.39, 0.29) is 36.8 Å². The Bertz CT molecular complexity index is 867. The summed E-state index contributed by atoms with van der Waals surface area (Å²) in [5.74, 6) is -0.294. The minimum absolute atomic E-state index is 0.00880. The van der Waals surface area contributed by atoms with E-state index in [1.807, 2.05) is 45.9 Å². The van der Waals surface area contributed by atoms with E-state index >= 15 is 0 Å². The van der Waals surface area contributed by atoms with Gasteiger partial charge in [0.05, 0.1) is 0 Å². The largest absolute Gasteiger partial charge is 0.484 e. The van der Waals surface area contributed by atoms with E-state index in [1.54, 1.807) is 19.1 Å². The molecule has 0 bridgehead atoms. The van der Waals surface area contributed by atoms with Crippen molar-refractivity contribution in [2.45, 2.75) is 59.7 Å². The van der Waals surface area contributed by atoms with Gasteiger partial charge in [0, 0.05) is 12.6 Å². The van der Waals surface area contributed by atoms with E-state index < -0.39 is 6.04 Å². The second-order valence-corrected chi connectivity index (χ2v) is 7.68. The van der Waals surface area contributed by atoms with Crippen LogP contribution in [0.5, 0.6) is 5.75 Å². The SMILES string of the molecule is CCC(C)NC(=O)C(C)N(Cc1ccc(F)cc1)C(=O)COc1ccc(C)c(C)c1. The number of nitrogens with zero attached hydrogens (tertiary/aromatic N) is 1. The molecular formula is C24H31FN2O3. The van der Waals surface area contributed by atoms with Crippen LogP contribution in [-0.2, 0) is 16.1 Å². The van der Waals surface area contributed by atoms with Crippen molar-refractivity contribution in [2.75, 3.05) is 6.61 Å². The Labute approximate surface area is 178 Å². The second-order valence-electron chi connectivity index (χ2n) is 7.68. The van der Waals surface area contributed by atoms with Crippen molar-refractivity contribution in [3.63, 3.8) is 0 Å². The average Bonchev–Trinajstić information content (AvgIpc) is 2.73. The summed E-state index contributed by atoms with van der Waals surface area (Å²) in [4.78, 5) is 27.1. The van der Waals surface area contributed by atoms with Crippen LogP contribution in [0.15, 0.2) is 42.5 Å². The molecule has 0 aliphatic heterocycles. The predicted octanol–water partition coefficient (Wildman–Crippen LogP) is 4.15. The molecule has 0 aromatic heterocycles. The number of ether oxygens (including phenoxy) is 1. The number of amides is 2. The molecule has 0 fully saturated rings. The molecule has 0 aliphatic carbocycles. The summed E-state index contributed by atoms with van der Waals surface area (Å²) in [5, 5.41) is 2.91. The van der Waals surface area contributed by atoms with Crippen LogP contribution in [0.4, 0.5) is 4.39 Å². The molecule has 162 valence electrons. The first kappa shape index (κ1) is 23.4. The molecule has 2 atom stereocenters. The molecule has 2 unspecified atom stereocenters. The highest BCUT2D eigenvalue weighted by atomic mass is 19.1. The first-order valence-corrected chi connectivity index (χ1v) is 10.3. The lowest BCUT2D eigenvalue weighted by Gasteiger charge is -2.29. The number of halogens is 1. The summed E-state index contributed by atoms with van der Waals surface area (Å²) in [5.41, 5.74) is 2.95. The van der Waals surface area contributed by atoms with Gasteiger partial charge in [0.15, 0.2) is 6.61 Å². The molecule has 5 nitrogen and oxygen atoms in total. The molecule has 2 aromatic carbocycles. The number of aryl methyl sites for hydroxylation is 2. The summed E-state index contributed by atoms with van der Waals surface area (Å²) in [7, 11) is 0. The molecule has 2 amide bonds. The summed E-state index contributed by atoms with van der Waals surface area (Å²) < 4.78 is 18.9. The topological polar surface area (TPSA) is 58.6 Å². The molecule has 0 aliphatic rings. The number of carbonyl (C=O) groups is 2. The molecule has 2 aromatic rings. The third-order valence-corrected chi connectivity index (χ3v) is 5.28. The van der Waals surface area contributed by atoms with Gasteiger partial charge in [-0.25, -0.2) is 4.39 Å². The Kier molecular flexibility index (Phi) is 8.39. The first-order valence-electron chi connectivity index (χ1n) is 10.3. The summed E-state index contributed by atoms with van der Waals surface area (Å²) in [6.07, 6.45) is 0.792. The van der Waals surface area contributed by atoms with Crippen LogP contribution in [0.3, 0.4) is 0 Å². The number of nitrogens with one attached hydrogen (secondary N) is 1. The van der Waals surface area contributed by atoms with Gasteiger partial charge in [0.1, 0.15) is 17.6 Å². The quantitative estimate of drug-likeness (QED) is 0.671. The van der Waals surface area contributed by atoms with Gasteiger partial charge in [-0.1, -0.05) is 25.1 Å². The van der Waals surface area contributed by atoms with E-state index in [0.29, 0.717) is 5.75 Å². The van der Waals surface area contributed by atoms with E-state index in [9.17, 15) is 14.0 Å². The minimum Gasteiger partial charge on any atom is -0.484 e. The molecule has 6 heteroatoms. The van der Waals surface area contributed by atoms with Gasteiger partial charge >= 0.3 is 0 Å². The number of rotatable bonds is 9. The van der Waals surface area contributed by atoms with Crippen molar-refractivity contribution in [3.8, 4) is 5.75 Å². The highest BCUT2D eigenvalue weighted by molar-refractivity contribution is 5.88. The number of hydrogen-bond acceptors (Lipinski definition) is 3. The third kappa shape index (κ3) is 6.58. The predicted molar refractivity (Wildman–Crippen MR) is 116 cm³/mol. The molecule has 30 heavy (non-hydrogen) atoms. The van der Waals surface area contributed by atoms with Crippen LogP contribution in [0.2, 0.25) is 0 Å². The van der Waals surface area contributed by atoms with E-state index in [4.69, 9.17) is 4.74 Å². The van der Waals surface area contributed by atoms with Crippen molar-refractivity contribution >= 4 is 11.8 Å². The van der Waals surface area contributed by atoms with Gasteiger partial charge < -0.3 is 15.0 Å². The van der Waals surface area contributed by atoms with Crippen LogP contribution < -0.4 is 10.1 Å². The minimum atomic E-state index is -0.695. The monoisotopic (exact) mass is 414 g/mol. The Hall–Kier alpha value is -2.89. The summed E-state index contributed by atoms with van der Waals surface area (Å²) >= 11 is 0. The van der Waals surface area contributed by atoms with Gasteiger partial charge in [-0.3, -0.25) is 9.59 Å². The molecule has 2 rings (SSSR count). The van der Waals surface area contributed by atoms with Crippen LogP contribution in [-0.4, -0.2) is 35.4 Å². The zero-order valence-electron chi connectivity index (χ0n) is 18.4. The Morgan fingerprint density at radius 3 is 2.33 bits per heavy atom. The normalized spacial score (nSPS) is 12.7. The van der Waals surface area contributed by atoms with E-state index in [2.05, 4.69) is 5.32 Å². The van der Waals surface area contributed by atoms with Gasteiger partial charge in [-0.05, 0) is 75.1 Å². The zero-order valence-corrected chi connectivity index (χ0v) is 18.4. The lowest BCUT2D eigenvalue weighted by atomic mass is 10.1. The molecule has 0 radical (unpaired) electrons. The van der Waals surface area contributed by atoms with Crippen LogP contribution in [0.1, 0.15) is 43.9 Å². The standard InChI is InChI=1S/C24H31FN2O3/c1-6-18(4)26-24(29)19(5)27(14-20-8-10-21(25)11-9-20)23(28)15-30-22-12-7-16(2)17(3)13-22/h7-13,18-19H,6,14-15H2,1-5H3,(H,26,29). The molecule has 0 saturated carbocycles. The van der Waals surface area contributed by atoms with Crippen LogP contribution in [0.25, 0.3) is 0 Å². The molecular weight excluding hydrogens is 383 g/mol. The van der Waals surface area contributed by atoms with Crippen molar-refractivity contribution < 1.29 is 18.7 Å². The van der Waals surface area contributed by atoms with Gasteiger partial charge in [-0.15, -0.1) is 0 Å². The van der Waals surface area contributed by atoms with Crippen molar-refractivity contribution in [1.29, 1.82) is 0 Å². The molecule has 0 heterocycles. The van der Waals surface area contributed by atoms with Gasteiger partial charge in [-0.2, -0.15) is 0 Å². The maximum atomic E-state index is 13.3. The molecule has 1 N–H and O–H groups in total. The fourth-order valence-corrected chi connectivity index (χ4v) is 2.87. The summed E-state index contributed by atoms with van der Waals surface area (Å²) in [6, 6.07) is 10.9. The first-order chi connectivity index (χ1) is 14.2.